The Hall–Kier alpha value is -2.00. The Balaban J connectivity index is 1.95. The van der Waals surface area contributed by atoms with Crippen molar-refractivity contribution in [3.63, 3.8) is 0 Å². The number of hydrogen-bond acceptors (Lipinski definition) is 8. The molecule has 0 amide bonds. The molecule has 2 saturated heterocycles. The molecule has 0 aromatic heterocycles. The van der Waals surface area contributed by atoms with E-state index >= 15 is 0 Å². The summed E-state index contributed by atoms with van der Waals surface area (Å²) in [6, 6.07) is 10.1. The lowest BCUT2D eigenvalue weighted by atomic mass is 9.73. The minimum atomic E-state index is -1.18. The molecule has 3 rings (SSSR count). The van der Waals surface area contributed by atoms with E-state index in [0.29, 0.717) is 12.8 Å². The van der Waals surface area contributed by atoms with Crippen LogP contribution in [0, 0.1) is 0 Å². The Kier molecular flexibility index (Phi) is 7.53. The van der Waals surface area contributed by atoms with Gasteiger partial charge in [-0.3, -0.25) is 4.84 Å². The number of hydroxylamine groups is 2. The van der Waals surface area contributed by atoms with Crippen LogP contribution in [0.3, 0.4) is 0 Å². The van der Waals surface area contributed by atoms with Crippen LogP contribution in [0.1, 0.15) is 72.0 Å². The van der Waals surface area contributed by atoms with Crippen molar-refractivity contribution in [1.82, 2.24) is 5.06 Å². The van der Waals surface area contributed by atoms with Crippen LogP contribution in [0.5, 0.6) is 0 Å². The molecule has 1 aromatic rings. The van der Waals surface area contributed by atoms with Crippen LogP contribution in [0.25, 0.3) is 0 Å². The van der Waals surface area contributed by atoms with Crippen LogP contribution in [-0.4, -0.2) is 60.3 Å². The number of carbonyl (C=O) groups is 2. The van der Waals surface area contributed by atoms with E-state index in [1.54, 1.807) is 0 Å². The van der Waals surface area contributed by atoms with Crippen molar-refractivity contribution in [1.29, 1.82) is 0 Å². The van der Waals surface area contributed by atoms with E-state index in [1.807, 2.05) is 37.3 Å². The van der Waals surface area contributed by atoms with Crippen molar-refractivity contribution < 1.29 is 33.4 Å². The van der Waals surface area contributed by atoms with Crippen molar-refractivity contribution in [3.8, 4) is 0 Å². The van der Waals surface area contributed by atoms with Crippen molar-refractivity contribution in [3.05, 3.63) is 35.9 Å². The fraction of sp³-hybridized carbons (Fsp3) is 0.680. The normalized spacial score (nSPS) is 29.5. The zero-order valence-corrected chi connectivity index (χ0v) is 20.8. The third-order valence-corrected chi connectivity index (χ3v) is 6.96. The van der Waals surface area contributed by atoms with Gasteiger partial charge in [0.05, 0.1) is 19.8 Å². The number of rotatable bonds is 7. The summed E-state index contributed by atoms with van der Waals surface area (Å²) in [5, 5.41) is 2.09. The highest BCUT2D eigenvalue weighted by atomic mass is 16.8. The Bertz CT molecular complexity index is 812. The first-order valence-electron chi connectivity index (χ1n) is 11.6. The van der Waals surface area contributed by atoms with Gasteiger partial charge in [0, 0.05) is 18.4 Å². The second kappa shape index (κ2) is 9.70. The average Bonchev–Trinajstić information content (AvgIpc) is 3.18. The van der Waals surface area contributed by atoms with Gasteiger partial charge in [-0.25, -0.2) is 9.59 Å². The second-order valence-corrected chi connectivity index (χ2v) is 9.58. The van der Waals surface area contributed by atoms with Crippen molar-refractivity contribution >= 4 is 11.9 Å². The number of ether oxygens (including phenoxy) is 4. The van der Waals surface area contributed by atoms with E-state index in [-0.39, 0.29) is 6.10 Å². The van der Waals surface area contributed by atoms with Crippen LogP contribution in [0.2, 0.25) is 0 Å². The van der Waals surface area contributed by atoms with E-state index < -0.39 is 41.0 Å². The molecule has 8 nitrogen and oxygen atoms in total. The average molecular weight is 464 g/mol. The van der Waals surface area contributed by atoms with Crippen molar-refractivity contribution in [2.24, 2.45) is 0 Å². The van der Waals surface area contributed by atoms with E-state index in [9.17, 15) is 9.59 Å². The van der Waals surface area contributed by atoms with Gasteiger partial charge in [0.25, 0.3) is 0 Å². The largest absolute Gasteiger partial charge is 0.467 e. The molecule has 8 heteroatoms. The number of methoxy groups -OCH3 is 2. The van der Waals surface area contributed by atoms with Crippen LogP contribution in [-0.2, 0) is 33.4 Å². The highest BCUT2D eigenvalue weighted by Crippen LogP contribution is 2.53. The lowest BCUT2D eigenvalue weighted by molar-refractivity contribution is -0.360. The second-order valence-electron chi connectivity index (χ2n) is 9.58. The lowest BCUT2D eigenvalue weighted by Crippen LogP contribution is -2.67. The molecule has 3 atom stereocenters. The standard InChI is InChI=1S/C25H37NO7/c1-8-24(9-2)16-25(31-19(21(27)29-6)20(32-25)22(28)30-7)15-23(4,5)26(24)33-17(3)18-13-11-10-12-14-18/h10-14,17,19-20H,8-9,15-16H2,1-7H3. The summed E-state index contributed by atoms with van der Waals surface area (Å²) in [6.07, 6.45) is -0.180. The van der Waals surface area contributed by atoms with E-state index in [2.05, 4.69) is 32.8 Å². The maximum atomic E-state index is 12.4. The summed E-state index contributed by atoms with van der Waals surface area (Å²) >= 11 is 0. The van der Waals surface area contributed by atoms with Crippen molar-refractivity contribution in [2.45, 2.75) is 95.5 Å². The summed E-state index contributed by atoms with van der Waals surface area (Å²) in [5.41, 5.74) is 0.106. The van der Waals surface area contributed by atoms with Crippen LogP contribution >= 0.6 is 0 Å². The molecule has 33 heavy (non-hydrogen) atoms. The molecule has 0 N–H and O–H groups in total. The molecule has 0 saturated carbocycles. The van der Waals surface area contributed by atoms with Crippen molar-refractivity contribution in [2.75, 3.05) is 14.2 Å². The number of nitrogens with zero attached hydrogens (tertiary/aromatic N) is 1. The molecule has 0 aliphatic carbocycles. The maximum absolute atomic E-state index is 12.4. The summed E-state index contributed by atoms with van der Waals surface area (Å²) < 4.78 is 22.2. The van der Waals surface area contributed by atoms with Crippen LogP contribution < -0.4 is 0 Å². The monoisotopic (exact) mass is 463 g/mol. The third-order valence-electron chi connectivity index (χ3n) is 6.96. The van der Waals surface area contributed by atoms with Crippen LogP contribution in [0.15, 0.2) is 30.3 Å². The van der Waals surface area contributed by atoms with Gasteiger partial charge >= 0.3 is 11.9 Å². The molecule has 184 valence electrons. The highest BCUT2D eigenvalue weighted by Gasteiger charge is 2.64. The fourth-order valence-corrected chi connectivity index (χ4v) is 5.35. The highest BCUT2D eigenvalue weighted by molar-refractivity contribution is 5.86. The van der Waals surface area contributed by atoms with Gasteiger partial charge < -0.3 is 18.9 Å². The number of esters is 2. The smallest absolute Gasteiger partial charge is 0.338 e. The minimum Gasteiger partial charge on any atom is -0.467 e. The van der Waals surface area contributed by atoms with E-state index in [0.717, 1.165) is 18.4 Å². The minimum absolute atomic E-state index is 0.159. The summed E-state index contributed by atoms with van der Waals surface area (Å²) in [4.78, 5) is 31.5. The summed E-state index contributed by atoms with van der Waals surface area (Å²) in [6.45, 7) is 10.4. The SMILES string of the molecule is CCC1(CC)CC2(CC(C)(C)N1OC(C)c1ccccc1)OC(C(=O)OC)C(C(=O)OC)O2. The summed E-state index contributed by atoms with van der Waals surface area (Å²) in [5.74, 6) is -2.46. The quantitative estimate of drug-likeness (QED) is 0.563. The Morgan fingerprint density at radius 3 is 1.97 bits per heavy atom. The molecule has 1 spiro atoms. The van der Waals surface area contributed by atoms with Gasteiger partial charge in [-0.05, 0) is 39.2 Å². The summed E-state index contributed by atoms with van der Waals surface area (Å²) in [7, 11) is 2.53. The zero-order chi connectivity index (χ0) is 24.4. The van der Waals surface area contributed by atoms with Gasteiger partial charge in [0.15, 0.2) is 18.0 Å². The first-order chi connectivity index (χ1) is 15.6. The molecule has 0 radical (unpaired) electrons. The predicted molar refractivity (Wildman–Crippen MR) is 121 cm³/mol. The molecule has 3 unspecified atom stereocenters. The predicted octanol–water partition coefficient (Wildman–Crippen LogP) is 3.94. The third kappa shape index (κ3) is 4.80. The molecule has 2 aliphatic rings. The molecule has 2 aliphatic heterocycles. The van der Waals surface area contributed by atoms with Crippen LogP contribution in [0.4, 0.5) is 0 Å². The molecule has 0 bridgehead atoms. The van der Waals surface area contributed by atoms with Gasteiger partial charge in [0.2, 0.25) is 0 Å². The maximum Gasteiger partial charge on any atom is 0.338 e. The Morgan fingerprint density at radius 1 is 1.00 bits per heavy atom. The molecule has 1 aromatic carbocycles. The number of benzene rings is 1. The first kappa shape index (κ1) is 25.6. The van der Waals surface area contributed by atoms with Gasteiger partial charge in [-0.1, -0.05) is 44.2 Å². The number of piperidine rings is 1. The first-order valence-corrected chi connectivity index (χ1v) is 11.6. The number of carbonyl (C=O) groups excluding carboxylic acids is 2. The molecular formula is C25H37NO7. The Morgan fingerprint density at radius 2 is 1.52 bits per heavy atom. The molecule has 2 fully saturated rings. The van der Waals surface area contributed by atoms with Gasteiger partial charge in [-0.15, -0.1) is 0 Å². The van der Waals surface area contributed by atoms with Gasteiger partial charge in [0.1, 0.15) is 6.10 Å². The Labute approximate surface area is 196 Å². The zero-order valence-electron chi connectivity index (χ0n) is 20.8. The van der Waals surface area contributed by atoms with E-state index in [1.165, 1.54) is 14.2 Å². The topological polar surface area (TPSA) is 83.5 Å². The van der Waals surface area contributed by atoms with E-state index in [4.69, 9.17) is 23.8 Å². The lowest BCUT2D eigenvalue weighted by Gasteiger charge is -2.59. The van der Waals surface area contributed by atoms with Gasteiger partial charge in [-0.2, -0.15) is 5.06 Å². The molecular weight excluding hydrogens is 426 g/mol. The molecule has 2 heterocycles. The fourth-order valence-electron chi connectivity index (χ4n) is 5.35. The number of hydrogen-bond donors (Lipinski definition) is 0.